The lowest BCUT2D eigenvalue weighted by atomic mass is 10.1. The minimum Gasteiger partial charge on any atom is -0.481 e. The first kappa shape index (κ1) is 22.4. The van der Waals surface area contributed by atoms with Crippen molar-refractivity contribution in [1.82, 2.24) is 0 Å². The van der Waals surface area contributed by atoms with Gasteiger partial charge in [0.1, 0.15) is 0 Å². The minimum absolute atomic E-state index is 0.316. The predicted molar refractivity (Wildman–Crippen MR) is 105 cm³/mol. The normalized spacial score (nSPS) is 12.4. The summed E-state index contributed by atoms with van der Waals surface area (Å²) in [5, 5.41) is 8.54. The first-order valence-electron chi connectivity index (χ1n) is 9.59. The molecule has 1 N–H and O–H groups in total. The summed E-state index contributed by atoms with van der Waals surface area (Å²) in [5.41, 5.74) is 0. The second kappa shape index (κ2) is 19.5. The van der Waals surface area contributed by atoms with E-state index in [1.165, 1.54) is 25.7 Å². The van der Waals surface area contributed by atoms with Gasteiger partial charge in [0.25, 0.3) is 0 Å². The van der Waals surface area contributed by atoms with Crippen molar-refractivity contribution >= 4 is 5.97 Å². The van der Waals surface area contributed by atoms with E-state index < -0.39 is 5.97 Å². The van der Waals surface area contributed by atoms with Crippen LogP contribution in [0.2, 0.25) is 0 Å². The Labute approximate surface area is 149 Å². The van der Waals surface area contributed by atoms with Crippen molar-refractivity contribution in [3.63, 3.8) is 0 Å². The summed E-state index contributed by atoms with van der Waals surface area (Å²) in [4.78, 5) is 10.4. The van der Waals surface area contributed by atoms with Crippen LogP contribution >= 0.6 is 0 Å². The summed E-state index contributed by atoms with van der Waals surface area (Å²) in [6.07, 6.45) is 30.2. The van der Waals surface area contributed by atoms with Gasteiger partial charge in [-0.05, 0) is 44.9 Å². The summed E-state index contributed by atoms with van der Waals surface area (Å²) < 4.78 is 0. The van der Waals surface area contributed by atoms with Crippen LogP contribution in [0, 0.1) is 0 Å². The SMILES string of the molecule is CCC/C=C/C/C=C/C/C=C/C/C=C/CCCCCCCC(=O)O. The lowest BCUT2D eigenvalue weighted by Crippen LogP contribution is -1.93. The van der Waals surface area contributed by atoms with Crippen molar-refractivity contribution in [3.05, 3.63) is 48.6 Å². The van der Waals surface area contributed by atoms with Crippen LogP contribution in [0.15, 0.2) is 48.6 Å². The molecule has 0 saturated carbocycles. The van der Waals surface area contributed by atoms with E-state index in [9.17, 15) is 4.79 Å². The van der Waals surface area contributed by atoms with Crippen molar-refractivity contribution in [2.24, 2.45) is 0 Å². The highest BCUT2D eigenvalue weighted by Crippen LogP contribution is 2.07. The zero-order valence-electron chi connectivity index (χ0n) is 15.5. The van der Waals surface area contributed by atoms with E-state index in [0.29, 0.717) is 6.42 Å². The highest BCUT2D eigenvalue weighted by Gasteiger charge is 1.95. The highest BCUT2D eigenvalue weighted by atomic mass is 16.4. The maximum absolute atomic E-state index is 10.4. The Morgan fingerprint density at radius 1 is 0.667 bits per heavy atom. The maximum Gasteiger partial charge on any atom is 0.303 e. The number of rotatable bonds is 16. The quantitative estimate of drug-likeness (QED) is 0.244. The first-order chi connectivity index (χ1) is 11.8. The summed E-state index contributed by atoms with van der Waals surface area (Å²) in [5.74, 6) is -0.676. The van der Waals surface area contributed by atoms with Gasteiger partial charge in [0.05, 0.1) is 0 Å². The number of carbonyl (C=O) groups is 1. The summed E-state index contributed by atoms with van der Waals surface area (Å²) in [6.45, 7) is 2.20. The zero-order chi connectivity index (χ0) is 17.7. The van der Waals surface area contributed by atoms with Crippen LogP contribution in [0.3, 0.4) is 0 Å². The molecule has 0 heterocycles. The number of hydrogen-bond donors (Lipinski definition) is 1. The fraction of sp³-hybridized carbons (Fsp3) is 0.591. The predicted octanol–water partition coefficient (Wildman–Crippen LogP) is 7.00. The average Bonchev–Trinajstić information content (AvgIpc) is 2.56. The second-order valence-corrected chi connectivity index (χ2v) is 6.08. The molecule has 0 bridgehead atoms. The molecule has 0 radical (unpaired) electrons. The third-order valence-corrected chi connectivity index (χ3v) is 3.70. The number of aliphatic carboxylic acids is 1. The number of unbranched alkanes of at least 4 members (excludes halogenated alkanes) is 6. The van der Waals surface area contributed by atoms with Gasteiger partial charge < -0.3 is 5.11 Å². The van der Waals surface area contributed by atoms with Crippen molar-refractivity contribution in [3.8, 4) is 0 Å². The molecule has 0 saturated heterocycles. The van der Waals surface area contributed by atoms with Crippen molar-refractivity contribution in [2.45, 2.75) is 84.0 Å². The molecule has 0 spiro atoms. The molecule has 0 rings (SSSR count). The standard InChI is InChI=1S/C22H36O2/c1-2-3-4-5-6-7-8-9-10-11-12-13-14-15-16-17-18-19-20-21-22(23)24/h4-5,7-8,10-11,13-14H,2-3,6,9,12,15-21H2,1H3,(H,23,24)/b5-4+,8-7+,11-10+,14-13+. The topological polar surface area (TPSA) is 37.3 Å². The molecule has 0 aromatic rings. The Bertz CT molecular complexity index is 389. The van der Waals surface area contributed by atoms with E-state index in [2.05, 4.69) is 55.5 Å². The van der Waals surface area contributed by atoms with Crippen molar-refractivity contribution in [2.75, 3.05) is 0 Å². The smallest absolute Gasteiger partial charge is 0.303 e. The molecular weight excluding hydrogens is 296 g/mol. The molecule has 0 amide bonds. The highest BCUT2D eigenvalue weighted by molar-refractivity contribution is 5.66. The summed E-state index contributed by atoms with van der Waals surface area (Å²) >= 11 is 0. The second-order valence-electron chi connectivity index (χ2n) is 6.08. The van der Waals surface area contributed by atoms with Crippen LogP contribution in [0.5, 0.6) is 0 Å². The fourth-order valence-electron chi connectivity index (χ4n) is 2.28. The van der Waals surface area contributed by atoms with Gasteiger partial charge in [-0.1, -0.05) is 81.2 Å². The number of carboxylic acids is 1. The summed E-state index contributed by atoms with van der Waals surface area (Å²) in [6, 6.07) is 0. The molecule has 0 fully saturated rings. The van der Waals surface area contributed by atoms with Crippen LogP contribution in [-0.2, 0) is 4.79 Å². The fourth-order valence-corrected chi connectivity index (χ4v) is 2.28. The van der Waals surface area contributed by atoms with Crippen LogP contribution in [0.4, 0.5) is 0 Å². The van der Waals surface area contributed by atoms with E-state index in [1.54, 1.807) is 0 Å². The van der Waals surface area contributed by atoms with Crippen LogP contribution in [0.25, 0.3) is 0 Å². The number of carboxylic acid groups (broad SMARTS) is 1. The Hall–Kier alpha value is -1.57. The van der Waals surface area contributed by atoms with Gasteiger partial charge in [0.15, 0.2) is 0 Å². The van der Waals surface area contributed by atoms with Gasteiger partial charge in [-0.15, -0.1) is 0 Å². The van der Waals surface area contributed by atoms with Crippen LogP contribution in [-0.4, -0.2) is 11.1 Å². The van der Waals surface area contributed by atoms with E-state index >= 15 is 0 Å². The molecule has 0 aliphatic heterocycles. The van der Waals surface area contributed by atoms with Crippen LogP contribution in [0.1, 0.15) is 84.0 Å². The molecule has 2 nitrogen and oxygen atoms in total. The maximum atomic E-state index is 10.4. The number of allylic oxidation sites excluding steroid dienone is 8. The van der Waals surface area contributed by atoms with E-state index in [0.717, 1.165) is 44.9 Å². The van der Waals surface area contributed by atoms with E-state index in [-0.39, 0.29) is 0 Å². The van der Waals surface area contributed by atoms with Gasteiger partial charge in [-0.3, -0.25) is 4.79 Å². The van der Waals surface area contributed by atoms with Gasteiger partial charge >= 0.3 is 5.97 Å². The van der Waals surface area contributed by atoms with Gasteiger partial charge in [-0.2, -0.15) is 0 Å². The number of hydrogen-bond acceptors (Lipinski definition) is 1. The lowest BCUT2D eigenvalue weighted by molar-refractivity contribution is -0.137. The molecule has 136 valence electrons. The molecule has 0 aliphatic carbocycles. The molecule has 0 aromatic heterocycles. The summed E-state index contributed by atoms with van der Waals surface area (Å²) in [7, 11) is 0. The van der Waals surface area contributed by atoms with E-state index in [1.807, 2.05) is 0 Å². The van der Waals surface area contributed by atoms with Gasteiger partial charge in [-0.25, -0.2) is 0 Å². The Kier molecular flexibility index (Phi) is 18.2. The van der Waals surface area contributed by atoms with Crippen molar-refractivity contribution < 1.29 is 9.90 Å². The first-order valence-corrected chi connectivity index (χ1v) is 9.59. The molecular formula is C22H36O2. The monoisotopic (exact) mass is 332 g/mol. The van der Waals surface area contributed by atoms with E-state index in [4.69, 9.17) is 5.11 Å². The molecule has 0 aliphatic rings. The zero-order valence-corrected chi connectivity index (χ0v) is 15.5. The third kappa shape index (κ3) is 20.4. The average molecular weight is 333 g/mol. The molecule has 2 heteroatoms. The van der Waals surface area contributed by atoms with Crippen LogP contribution < -0.4 is 0 Å². The van der Waals surface area contributed by atoms with Gasteiger partial charge in [0, 0.05) is 6.42 Å². The Morgan fingerprint density at radius 2 is 1.12 bits per heavy atom. The largest absolute Gasteiger partial charge is 0.481 e. The minimum atomic E-state index is -0.676. The molecule has 0 unspecified atom stereocenters. The molecule has 0 aromatic carbocycles. The van der Waals surface area contributed by atoms with Crippen molar-refractivity contribution in [1.29, 1.82) is 0 Å². The Morgan fingerprint density at radius 3 is 1.67 bits per heavy atom. The van der Waals surface area contributed by atoms with Gasteiger partial charge in [0.2, 0.25) is 0 Å². The Balaban J connectivity index is 3.33. The molecule has 24 heavy (non-hydrogen) atoms. The molecule has 0 atom stereocenters. The lowest BCUT2D eigenvalue weighted by Gasteiger charge is -1.98. The third-order valence-electron chi connectivity index (χ3n) is 3.70.